The molecule has 2 aromatic carbocycles. The van der Waals surface area contributed by atoms with Crippen molar-refractivity contribution in [3.05, 3.63) is 64.7 Å². The van der Waals surface area contributed by atoms with E-state index in [2.05, 4.69) is 17.4 Å². The van der Waals surface area contributed by atoms with Gasteiger partial charge in [-0.1, -0.05) is 41.9 Å². The van der Waals surface area contributed by atoms with Gasteiger partial charge in [-0.25, -0.2) is 0 Å². The van der Waals surface area contributed by atoms with Gasteiger partial charge in [-0.2, -0.15) is 0 Å². The van der Waals surface area contributed by atoms with E-state index >= 15 is 0 Å². The van der Waals surface area contributed by atoms with Gasteiger partial charge in [0.25, 0.3) is 5.91 Å². The van der Waals surface area contributed by atoms with Crippen LogP contribution in [0.2, 0.25) is 5.02 Å². The molecule has 0 spiro atoms. The zero-order chi connectivity index (χ0) is 15.8. The standard InChI is InChI=1S/C18H20ClNO2/c1-14-12-16(19)9-10-17(14)22-13-18(21)20-11-5-8-15-6-3-2-4-7-15/h2-4,6-7,9-10,12H,5,8,11,13H2,1H3,(H,20,21). The molecule has 116 valence electrons. The van der Waals surface area contributed by atoms with E-state index in [1.54, 1.807) is 12.1 Å². The number of carbonyl (C=O) groups is 1. The molecule has 1 N–H and O–H groups in total. The Bertz CT molecular complexity index is 614. The Kier molecular flexibility index (Phi) is 6.28. The summed E-state index contributed by atoms with van der Waals surface area (Å²) in [7, 11) is 0. The SMILES string of the molecule is Cc1cc(Cl)ccc1OCC(=O)NCCCc1ccccc1. The molecule has 0 aromatic heterocycles. The van der Waals surface area contributed by atoms with E-state index in [9.17, 15) is 4.79 Å². The minimum Gasteiger partial charge on any atom is -0.484 e. The first kappa shape index (κ1) is 16.4. The normalized spacial score (nSPS) is 10.3. The second-order valence-corrected chi connectivity index (χ2v) is 5.57. The van der Waals surface area contributed by atoms with Crippen LogP contribution in [0.25, 0.3) is 0 Å². The van der Waals surface area contributed by atoms with Crippen molar-refractivity contribution in [1.29, 1.82) is 0 Å². The van der Waals surface area contributed by atoms with Gasteiger partial charge in [0.2, 0.25) is 0 Å². The predicted octanol–water partition coefficient (Wildman–Crippen LogP) is 3.78. The third-order valence-electron chi connectivity index (χ3n) is 3.30. The quantitative estimate of drug-likeness (QED) is 0.789. The van der Waals surface area contributed by atoms with E-state index in [0.29, 0.717) is 17.3 Å². The van der Waals surface area contributed by atoms with Gasteiger partial charge in [0.1, 0.15) is 5.75 Å². The largest absolute Gasteiger partial charge is 0.484 e. The molecule has 3 nitrogen and oxygen atoms in total. The third kappa shape index (κ3) is 5.41. The monoisotopic (exact) mass is 317 g/mol. The van der Waals surface area contributed by atoms with Crippen molar-refractivity contribution in [2.75, 3.05) is 13.2 Å². The molecule has 0 saturated carbocycles. The molecule has 2 aromatic rings. The molecule has 0 radical (unpaired) electrons. The summed E-state index contributed by atoms with van der Waals surface area (Å²) in [5.74, 6) is 0.575. The van der Waals surface area contributed by atoms with Gasteiger partial charge in [0.05, 0.1) is 0 Å². The van der Waals surface area contributed by atoms with Crippen LogP contribution in [0.15, 0.2) is 48.5 Å². The molecule has 0 fully saturated rings. The number of rotatable bonds is 7. The number of halogens is 1. The first-order valence-corrected chi connectivity index (χ1v) is 7.72. The molecule has 1 amide bonds. The molecule has 0 heterocycles. The molecule has 0 unspecified atom stereocenters. The summed E-state index contributed by atoms with van der Waals surface area (Å²) >= 11 is 5.88. The Morgan fingerprint density at radius 1 is 1.18 bits per heavy atom. The van der Waals surface area contributed by atoms with Crippen LogP contribution >= 0.6 is 11.6 Å². The van der Waals surface area contributed by atoms with E-state index in [1.807, 2.05) is 31.2 Å². The summed E-state index contributed by atoms with van der Waals surface area (Å²) in [5.41, 5.74) is 2.20. The van der Waals surface area contributed by atoms with Crippen molar-refractivity contribution in [2.24, 2.45) is 0 Å². The first-order chi connectivity index (χ1) is 10.6. The minimum atomic E-state index is -0.109. The van der Waals surface area contributed by atoms with Crippen molar-refractivity contribution in [3.8, 4) is 5.75 Å². The number of benzene rings is 2. The van der Waals surface area contributed by atoms with Gasteiger partial charge in [0, 0.05) is 11.6 Å². The van der Waals surface area contributed by atoms with E-state index in [1.165, 1.54) is 5.56 Å². The lowest BCUT2D eigenvalue weighted by molar-refractivity contribution is -0.123. The smallest absolute Gasteiger partial charge is 0.257 e. The van der Waals surface area contributed by atoms with E-state index < -0.39 is 0 Å². The topological polar surface area (TPSA) is 38.3 Å². The summed E-state index contributed by atoms with van der Waals surface area (Å²) in [6.07, 6.45) is 1.87. The van der Waals surface area contributed by atoms with Gasteiger partial charge < -0.3 is 10.1 Å². The highest BCUT2D eigenvalue weighted by atomic mass is 35.5. The van der Waals surface area contributed by atoms with Crippen LogP contribution in [0.1, 0.15) is 17.5 Å². The predicted molar refractivity (Wildman–Crippen MR) is 89.5 cm³/mol. The molecule has 22 heavy (non-hydrogen) atoms. The number of nitrogens with one attached hydrogen (secondary N) is 1. The van der Waals surface area contributed by atoms with Gasteiger partial charge in [-0.3, -0.25) is 4.79 Å². The molecule has 4 heteroatoms. The number of aryl methyl sites for hydroxylation is 2. The van der Waals surface area contributed by atoms with E-state index in [4.69, 9.17) is 16.3 Å². The average Bonchev–Trinajstić information content (AvgIpc) is 2.52. The van der Waals surface area contributed by atoms with Crippen molar-refractivity contribution < 1.29 is 9.53 Å². The maximum absolute atomic E-state index is 11.7. The average molecular weight is 318 g/mol. The second-order valence-electron chi connectivity index (χ2n) is 5.14. The Balaban J connectivity index is 1.65. The zero-order valence-corrected chi connectivity index (χ0v) is 13.4. The highest BCUT2D eigenvalue weighted by molar-refractivity contribution is 6.30. The van der Waals surface area contributed by atoms with Crippen LogP contribution in [0.5, 0.6) is 5.75 Å². The van der Waals surface area contributed by atoms with Crippen molar-refractivity contribution in [3.63, 3.8) is 0 Å². The lowest BCUT2D eigenvalue weighted by Crippen LogP contribution is -2.30. The fraction of sp³-hybridized carbons (Fsp3) is 0.278. The lowest BCUT2D eigenvalue weighted by Gasteiger charge is -2.10. The summed E-state index contributed by atoms with van der Waals surface area (Å²) in [4.78, 5) is 11.7. The third-order valence-corrected chi connectivity index (χ3v) is 3.54. The van der Waals surface area contributed by atoms with Crippen LogP contribution in [-0.2, 0) is 11.2 Å². The van der Waals surface area contributed by atoms with Gasteiger partial charge >= 0.3 is 0 Å². The summed E-state index contributed by atoms with van der Waals surface area (Å²) < 4.78 is 5.50. The molecular formula is C18H20ClNO2. The molecule has 2 rings (SSSR count). The highest BCUT2D eigenvalue weighted by Crippen LogP contribution is 2.21. The van der Waals surface area contributed by atoms with Crippen LogP contribution in [-0.4, -0.2) is 19.1 Å². The number of ether oxygens (including phenoxy) is 1. The summed E-state index contributed by atoms with van der Waals surface area (Å²) in [5, 5.41) is 3.53. The fourth-order valence-corrected chi connectivity index (χ4v) is 2.36. The molecule has 0 aliphatic carbocycles. The molecule has 0 aliphatic rings. The molecular weight excluding hydrogens is 298 g/mol. The first-order valence-electron chi connectivity index (χ1n) is 7.35. The fourth-order valence-electron chi connectivity index (χ4n) is 2.13. The maximum Gasteiger partial charge on any atom is 0.257 e. The molecule has 0 aliphatic heterocycles. The number of hydrogen-bond donors (Lipinski definition) is 1. The van der Waals surface area contributed by atoms with Crippen molar-refractivity contribution >= 4 is 17.5 Å². The number of amides is 1. The maximum atomic E-state index is 11.7. The van der Waals surface area contributed by atoms with Crippen LogP contribution < -0.4 is 10.1 Å². The molecule has 0 bridgehead atoms. The van der Waals surface area contributed by atoms with E-state index in [0.717, 1.165) is 18.4 Å². The Morgan fingerprint density at radius 2 is 1.95 bits per heavy atom. The number of carbonyl (C=O) groups excluding carboxylic acids is 1. The van der Waals surface area contributed by atoms with Gasteiger partial charge in [0.15, 0.2) is 6.61 Å². The summed E-state index contributed by atoms with van der Waals surface area (Å²) in [6.45, 7) is 2.57. The van der Waals surface area contributed by atoms with Crippen LogP contribution in [0.3, 0.4) is 0 Å². The number of hydrogen-bond acceptors (Lipinski definition) is 2. The highest BCUT2D eigenvalue weighted by Gasteiger charge is 2.05. The van der Waals surface area contributed by atoms with Gasteiger partial charge in [-0.05, 0) is 49.1 Å². The van der Waals surface area contributed by atoms with Crippen molar-refractivity contribution in [2.45, 2.75) is 19.8 Å². The Hall–Kier alpha value is -2.00. The van der Waals surface area contributed by atoms with Gasteiger partial charge in [-0.15, -0.1) is 0 Å². The Labute approximate surface area is 136 Å². The van der Waals surface area contributed by atoms with Crippen LogP contribution in [0.4, 0.5) is 0 Å². The Morgan fingerprint density at radius 3 is 2.68 bits per heavy atom. The minimum absolute atomic E-state index is 0.0216. The molecule has 0 saturated heterocycles. The van der Waals surface area contributed by atoms with Crippen molar-refractivity contribution in [1.82, 2.24) is 5.32 Å². The van der Waals surface area contributed by atoms with Crippen LogP contribution in [0, 0.1) is 6.92 Å². The second kappa shape index (κ2) is 8.44. The lowest BCUT2D eigenvalue weighted by atomic mass is 10.1. The molecule has 0 atom stereocenters. The zero-order valence-electron chi connectivity index (χ0n) is 12.6. The van der Waals surface area contributed by atoms with E-state index in [-0.39, 0.29) is 12.5 Å². The summed E-state index contributed by atoms with van der Waals surface area (Å²) in [6, 6.07) is 15.6.